The van der Waals surface area contributed by atoms with E-state index in [1.807, 2.05) is 41.3 Å². The third kappa shape index (κ3) is 4.10. The van der Waals surface area contributed by atoms with Crippen LogP contribution in [0.2, 0.25) is 5.02 Å². The number of ether oxygens (including phenoxy) is 1. The van der Waals surface area contributed by atoms with Crippen LogP contribution in [0.1, 0.15) is 12.0 Å². The van der Waals surface area contributed by atoms with Gasteiger partial charge in [0.2, 0.25) is 0 Å². The lowest BCUT2D eigenvalue weighted by molar-refractivity contribution is -0.0534. The van der Waals surface area contributed by atoms with Gasteiger partial charge in [-0.3, -0.25) is 9.80 Å². The zero-order valence-corrected chi connectivity index (χ0v) is 15.6. The molecule has 0 aliphatic carbocycles. The van der Waals surface area contributed by atoms with Gasteiger partial charge in [0.1, 0.15) is 0 Å². The predicted molar refractivity (Wildman–Crippen MR) is 101 cm³/mol. The lowest BCUT2D eigenvalue weighted by atomic mass is 9.99. The summed E-state index contributed by atoms with van der Waals surface area (Å²) in [6.07, 6.45) is 4.60. The summed E-state index contributed by atoms with van der Waals surface area (Å²) in [7, 11) is 0. The Kier molecular flexibility index (Phi) is 5.57. The van der Waals surface area contributed by atoms with Crippen molar-refractivity contribution in [2.75, 3.05) is 39.4 Å². The van der Waals surface area contributed by atoms with Crippen molar-refractivity contribution in [2.45, 2.75) is 25.1 Å². The number of hydrogen-bond acceptors (Lipinski definition) is 5. The van der Waals surface area contributed by atoms with E-state index in [1.54, 1.807) is 0 Å². The monoisotopic (exact) mass is 376 g/mol. The van der Waals surface area contributed by atoms with E-state index < -0.39 is 0 Å². The molecule has 140 valence electrons. The van der Waals surface area contributed by atoms with Crippen LogP contribution < -0.4 is 0 Å². The molecule has 1 aromatic heterocycles. The van der Waals surface area contributed by atoms with E-state index in [2.05, 4.69) is 14.9 Å². The largest absolute Gasteiger partial charge is 0.390 e. The van der Waals surface area contributed by atoms with Crippen LogP contribution >= 0.6 is 11.6 Å². The van der Waals surface area contributed by atoms with Gasteiger partial charge in [-0.25, -0.2) is 4.68 Å². The summed E-state index contributed by atoms with van der Waals surface area (Å²) in [6.45, 7) is 5.88. The average Bonchev–Trinajstić information content (AvgIpc) is 3.11. The molecule has 2 atom stereocenters. The van der Waals surface area contributed by atoms with E-state index in [9.17, 15) is 5.11 Å². The number of aliphatic hydroxyl groups is 1. The maximum Gasteiger partial charge on any atom is 0.0822 e. The average molecular weight is 377 g/mol. The van der Waals surface area contributed by atoms with E-state index in [0.717, 1.165) is 57.1 Å². The highest BCUT2D eigenvalue weighted by Gasteiger charge is 2.32. The van der Waals surface area contributed by atoms with Crippen LogP contribution in [0.15, 0.2) is 36.7 Å². The van der Waals surface area contributed by atoms with Crippen molar-refractivity contribution < 1.29 is 9.84 Å². The minimum atomic E-state index is -0.315. The van der Waals surface area contributed by atoms with Gasteiger partial charge in [-0.15, -0.1) is 0 Å². The third-order valence-electron chi connectivity index (χ3n) is 5.26. The summed E-state index contributed by atoms with van der Waals surface area (Å²) in [5, 5.41) is 15.8. The summed E-state index contributed by atoms with van der Waals surface area (Å²) in [6, 6.07) is 7.92. The molecule has 0 radical (unpaired) electrons. The molecule has 26 heavy (non-hydrogen) atoms. The van der Waals surface area contributed by atoms with Crippen molar-refractivity contribution in [2.24, 2.45) is 0 Å². The Hall–Kier alpha value is -1.44. The Morgan fingerprint density at radius 3 is 2.85 bits per heavy atom. The van der Waals surface area contributed by atoms with Gasteiger partial charge in [-0.2, -0.15) is 5.10 Å². The molecule has 2 aromatic rings. The number of benzene rings is 1. The van der Waals surface area contributed by atoms with Crippen molar-refractivity contribution in [3.63, 3.8) is 0 Å². The second-order valence-electron chi connectivity index (χ2n) is 7.08. The second-order valence-corrected chi connectivity index (χ2v) is 7.52. The number of piperidine rings is 1. The van der Waals surface area contributed by atoms with E-state index in [0.29, 0.717) is 11.6 Å². The molecule has 0 amide bonds. The van der Waals surface area contributed by atoms with Crippen LogP contribution in [0.25, 0.3) is 5.69 Å². The summed E-state index contributed by atoms with van der Waals surface area (Å²) >= 11 is 6.06. The number of β-amino-alcohol motifs (C(OH)–C–C–N with tert-alkyl or cyclic N) is 1. The molecule has 1 aromatic carbocycles. The van der Waals surface area contributed by atoms with Crippen LogP contribution in [-0.2, 0) is 11.3 Å². The molecule has 0 saturated carbocycles. The molecule has 2 fully saturated rings. The number of aromatic nitrogens is 2. The molecular weight excluding hydrogens is 352 g/mol. The lowest BCUT2D eigenvalue weighted by Gasteiger charge is -2.42. The Morgan fingerprint density at radius 1 is 1.23 bits per heavy atom. The molecular formula is C19H25ClN4O2. The van der Waals surface area contributed by atoms with Crippen LogP contribution in [0.3, 0.4) is 0 Å². The minimum absolute atomic E-state index is 0.254. The number of morpholine rings is 1. The smallest absolute Gasteiger partial charge is 0.0822 e. The zero-order chi connectivity index (χ0) is 17.9. The topological polar surface area (TPSA) is 53.8 Å². The molecule has 2 aliphatic heterocycles. The standard InChI is InChI=1S/C19H25ClN4O2/c20-16-2-1-3-17(10-16)24-13-15(11-21-24)12-22-5-4-18(19(25)14-22)23-6-8-26-9-7-23/h1-3,10-11,13,18-19,25H,4-9,12,14H2/t18-,19-/m1/s1. The predicted octanol–water partition coefficient (Wildman–Crippen LogP) is 1.79. The van der Waals surface area contributed by atoms with E-state index in [-0.39, 0.29) is 12.1 Å². The van der Waals surface area contributed by atoms with Crippen molar-refractivity contribution in [3.05, 3.63) is 47.2 Å². The third-order valence-corrected chi connectivity index (χ3v) is 5.50. The van der Waals surface area contributed by atoms with Gasteiger partial charge in [-0.1, -0.05) is 17.7 Å². The van der Waals surface area contributed by atoms with Crippen molar-refractivity contribution in [3.8, 4) is 5.69 Å². The fourth-order valence-electron chi connectivity index (χ4n) is 3.92. The molecule has 6 nitrogen and oxygen atoms in total. The number of hydrogen-bond donors (Lipinski definition) is 1. The maximum absolute atomic E-state index is 10.6. The fourth-order valence-corrected chi connectivity index (χ4v) is 4.11. The number of nitrogens with zero attached hydrogens (tertiary/aromatic N) is 4. The summed E-state index contributed by atoms with van der Waals surface area (Å²) in [5.41, 5.74) is 2.09. The van der Waals surface area contributed by atoms with Crippen LogP contribution in [0.4, 0.5) is 0 Å². The first-order chi connectivity index (χ1) is 12.7. The lowest BCUT2D eigenvalue weighted by Crippen LogP contribution is -2.56. The number of halogens is 1. The molecule has 0 unspecified atom stereocenters. The SMILES string of the molecule is O[C@@H]1CN(Cc2cnn(-c3cccc(Cl)c3)c2)CC[C@H]1N1CCOCC1. The summed E-state index contributed by atoms with van der Waals surface area (Å²) < 4.78 is 7.27. The summed E-state index contributed by atoms with van der Waals surface area (Å²) in [5.74, 6) is 0. The Balaban J connectivity index is 1.35. The Bertz CT molecular complexity index is 732. The molecule has 1 N–H and O–H groups in total. The molecule has 2 aliphatic rings. The van der Waals surface area contributed by atoms with Gasteiger partial charge < -0.3 is 9.84 Å². The quantitative estimate of drug-likeness (QED) is 0.881. The van der Waals surface area contributed by atoms with Gasteiger partial charge in [0.15, 0.2) is 0 Å². The van der Waals surface area contributed by atoms with Crippen LogP contribution in [0.5, 0.6) is 0 Å². The Labute approximate surface area is 158 Å². The highest BCUT2D eigenvalue weighted by Crippen LogP contribution is 2.21. The van der Waals surface area contributed by atoms with E-state index in [1.165, 1.54) is 0 Å². The summed E-state index contributed by atoms with van der Waals surface area (Å²) in [4.78, 5) is 4.68. The molecule has 2 saturated heterocycles. The van der Waals surface area contributed by atoms with E-state index in [4.69, 9.17) is 16.3 Å². The highest BCUT2D eigenvalue weighted by molar-refractivity contribution is 6.30. The highest BCUT2D eigenvalue weighted by atomic mass is 35.5. The van der Waals surface area contributed by atoms with Gasteiger partial charge in [0, 0.05) is 55.5 Å². The minimum Gasteiger partial charge on any atom is -0.390 e. The van der Waals surface area contributed by atoms with Gasteiger partial charge in [0.05, 0.1) is 31.2 Å². The fraction of sp³-hybridized carbons (Fsp3) is 0.526. The molecule has 3 heterocycles. The molecule has 4 rings (SSSR count). The molecule has 0 spiro atoms. The first-order valence-corrected chi connectivity index (χ1v) is 9.58. The first kappa shape index (κ1) is 17.9. The van der Waals surface area contributed by atoms with Gasteiger partial charge in [0.25, 0.3) is 0 Å². The van der Waals surface area contributed by atoms with Crippen molar-refractivity contribution in [1.29, 1.82) is 0 Å². The maximum atomic E-state index is 10.6. The number of likely N-dealkylation sites (tertiary alicyclic amines) is 1. The molecule has 7 heteroatoms. The van der Waals surface area contributed by atoms with Crippen LogP contribution in [-0.4, -0.2) is 76.2 Å². The molecule has 0 bridgehead atoms. The van der Waals surface area contributed by atoms with Crippen LogP contribution in [0, 0.1) is 0 Å². The first-order valence-electron chi connectivity index (χ1n) is 9.21. The Morgan fingerprint density at radius 2 is 2.08 bits per heavy atom. The zero-order valence-electron chi connectivity index (χ0n) is 14.8. The second kappa shape index (κ2) is 8.06. The normalized spacial score (nSPS) is 25.5. The number of rotatable bonds is 4. The van der Waals surface area contributed by atoms with Crippen molar-refractivity contribution in [1.82, 2.24) is 19.6 Å². The van der Waals surface area contributed by atoms with Gasteiger partial charge >= 0.3 is 0 Å². The van der Waals surface area contributed by atoms with E-state index >= 15 is 0 Å². The number of aliphatic hydroxyl groups excluding tert-OH is 1. The van der Waals surface area contributed by atoms with Crippen molar-refractivity contribution >= 4 is 11.6 Å². The van der Waals surface area contributed by atoms with Gasteiger partial charge in [-0.05, 0) is 24.6 Å².